The largest absolute Gasteiger partial charge is 0.465 e. The topological polar surface area (TPSA) is 80.8 Å². The Morgan fingerprint density at radius 3 is 2.80 bits per heavy atom. The molecule has 1 heterocycles. The second kappa shape index (κ2) is 3.96. The van der Waals surface area contributed by atoms with Crippen LogP contribution >= 0.6 is 0 Å². The Morgan fingerprint density at radius 1 is 1.53 bits per heavy atom. The molecule has 0 amide bonds. The predicted molar refractivity (Wildman–Crippen MR) is 51.0 cm³/mol. The van der Waals surface area contributed by atoms with Gasteiger partial charge in [0.25, 0.3) is 0 Å². The number of esters is 1. The molecule has 0 aliphatic heterocycles. The van der Waals surface area contributed by atoms with Gasteiger partial charge in [0.1, 0.15) is 5.41 Å². The molecule has 0 unspecified atom stereocenters. The normalized spacial score (nSPS) is 19.0. The number of hydrogen-bond acceptors (Lipinski definition) is 5. The fourth-order valence-corrected chi connectivity index (χ4v) is 2.13. The van der Waals surface area contributed by atoms with Crippen molar-refractivity contribution in [1.82, 2.24) is 20.6 Å². The summed E-state index contributed by atoms with van der Waals surface area (Å²) in [5, 5.41) is 13.8. The number of rotatable bonds is 3. The Balaban J connectivity index is 2.28. The van der Waals surface area contributed by atoms with Crippen LogP contribution in [-0.4, -0.2) is 33.2 Å². The number of ether oxygens (including phenoxy) is 1. The number of tetrazole rings is 1. The van der Waals surface area contributed by atoms with Crippen LogP contribution in [0.2, 0.25) is 0 Å². The molecule has 1 aromatic heterocycles. The van der Waals surface area contributed by atoms with Crippen molar-refractivity contribution in [1.29, 1.82) is 0 Å². The third-order valence-corrected chi connectivity index (χ3v) is 2.90. The second-order valence-corrected chi connectivity index (χ2v) is 3.75. The Morgan fingerprint density at radius 2 is 2.27 bits per heavy atom. The van der Waals surface area contributed by atoms with Crippen molar-refractivity contribution in [2.75, 3.05) is 6.61 Å². The summed E-state index contributed by atoms with van der Waals surface area (Å²) in [6, 6.07) is 0. The summed E-state index contributed by atoms with van der Waals surface area (Å²) in [5.41, 5.74) is -0.650. The zero-order chi connectivity index (χ0) is 10.7. The van der Waals surface area contributed by atoms with Crippen molar-refractivity contribution < 1.29 is 9.53 Å². The van der Waals surface area contributed by atoms with Crippen LogP contribution < -0.4 is 0 Å². The van der Waals surface area contributed by atoms with Gasteiger partial charge in [-0.3, -0.25) is 4.79 Å². The lowest BCUT2D eigenvalue weighted by Crippen LogP contribution is -2.36. The number of carbonyl (C=O) groups excluding carboxylic acids is 1. The molecule has 1 aliphatic carbocycles. The van der Waals surface area contributed by atoms with Gasteiger partial charge in [-0.1, -0.05) is 18.1 Å². The van der Waals surface area contributed by atoms with Gasteiger partial charge in [0.2, 0.25) is 0 Å². The summed E-state index contributed by atoms with van der Waals surface area (Å²) in [7, 11) is 0. The molecular weight excluding hydrogens is 196 g/mol. The minimum Gasteiger partial charge on any atom is -0.465 e. The molecule has 1 aromatic rings. The minimum atomic E-state index is -0.650. The van der Waals surface area contributed by atoms with Gasteiger partial charge in [-0.25, -0.2) is 0 Å². The van der Waals surface area contributed by atoms with Gasteiger partial charge in [-0.05, 0) is 19.8 Å². The van der Waals surface area contributed by atoms with E-state index in [2.05, 4.69) is 20.6 Å². The maximum Gasteiger partial charge on any atom is 0.319 e. The monoisotopic (exact) mass is 210 g/mol. The van der Waals surface area contributed by atoms with E-state index in [1.54, 1.807) is 6.92 Å². The van der Waals surface area contributed by atoms with Crippen LogP contribution in [0.3, 0.4) is 0 Å². The summed E-state index contributed by atoms with van der Waals surface area (Å²) in [4.78, 5) is 11.9. The van der Waals surface area contributed by atoms with Crippen LogP contribution in [0.4, 0.5) is 0 Å². The lowest BCUT2D eigenvalue weighted by molar-refractivity contribution is -0.150. The van der Waals surface area contributed by atoms with E-state index in [0.29, 0.717) is 12.4 Å². The highest BCUT2D eigenvalue weighted by Crippen LogP contribution is 2.40. The molecule has 1 saturated carbocycles. The first-order valence-electron chi connectivity index (χ1n) is 5.21. The summed E-state index contributed by atoms with van der Waals surface area (Å²) in [5.74, 6) is 0.252. The van der Waals surface area contributed by atoms with Crippen LogP contribution in [0.15, 0.2) is 0 Å². The third kappa shape index (κ3) is 1.60. The fourth-order valence-electron chi connectivity index (χ4n) is 2.13. The molecule has 15 heavy (non-hydrogen) atoms. The highest BCUT2D eigenvalue weighted by molar-refractivity contribution is 5.82. The second-order valence-electron chi connectivity index (χ2n) is 3.75. The number of aromatic nitrogens is 4. The highest BCUT2D eigenvalue weighted by atomic mass is 16.5. The number of nitrogens with zero attached hydrogens (tertiary/aromatic N) is 3. The van der Waals surface area contributed by atoms with Gasteiger partial charge in [0.15, 0.2) is 5.82 Å². The molecule has 0 saturated heterocycles. The van der Waals surface area contributed by atoms with Crippen molar-refractivity contribution in [2.24, 2.45) is 0 Å². The van der Waals surface area contributed by atoms with Gasteiger partial charge < -0.3 is 4.74 Å². The molecular formula is C9H14N4O2. The first-order valence-corrected chi connectivity index (χ1v) is 5.21. The first kappa shape index (κ1) is 10.1. The summed E-state index contributed by atoms with van der Waals surface area (Å²) < 4.78 is 5.09. The molecule has 1 aliphatic rings. The quantitative estimate of drug-likeness (QED) is 0.738. The van der Waals surface area contributed by atoms with E-state index in [9.17, 15) is 4.79 Å². The van der Waals surface area contributed by atoms with E-state index in [4.69, 9.17) is 4.74 Å². The molecule has 0 atom stereocenters. The summed E-state index contributed by atoms with van der Waals surface area (Å²) >= 11 is 0. The van der Waals surface area contributed by atoms with Gasteiger partial charge in [-0.2, -0.15) is 5.21 Å². The van der Waals surface area contributed by atoms with Crippen molar-refractivity contribution in [2.45, 2.75) is 38.0 Å². The molecule has 0 spiro atoms. The maximum absolute atomic E-state index is 11.9. The zero-order valence-electron chi connectivity index (χ0n) is 8.69. The van der Waals surface area contributed by atoms with Gasteiger partial charge in [-0.15, -0.1) is 10.2 Å². The number of nitrogens with one attached hydrogen (secondary N) is 1. The van der Waals surface area contributed by atoms with Gasteiger partial charge >= 0.3 is 5.97 Å². The number of hydrogen-bond donors (Lipinski definition) is 1. The Hall–Kier alpha value is -1.46. The number of aromatic amines is 1. The third-order valence-electron chi connectivity index (χ3n) is 2.90. The zero-order valence-corrected chi connectivity index (χ0v) is 8.69. The lowest BCUT2D eigenvalue weighted by Gasteiger charge is -2.21. The van der Waals surface area contributed by atoms with E-state index in [1.807, 2.05) is 0 Å². The predicted octanol–water partition coefficient (Wildman–Crippen LogP) is 0.575. The van der Waals surface area contributed by atoms with E-state index in [-0.39, 0.29) is 5.97 Å². The SMILES string of the molecule is CCOC(=O)C1(c2nn[nH]n2)CCCC1. The van der Waals surface area contributed by atoms with E-state index in [1.165, 1.54) is 0 Å². The van der Waals surface area contributed by atoms with Crippen LogP contribution in [0.1, 0.15) is 38.4 Å². The average molecular weight is 210 g/mol. The van der Waals surface area contributed by atoms with Gasteiger partial charge in [0, 0.05) is 0 Å². The molecule has 0 radical (unpaired) electrons. The van der Waals surface area contributed by atoms with Crippen LogP contribution in [0, 0.1) is 0 Å². The van der Waals surface area contributed by atoms with Crippen molar-refractivity contribution in [3.05, 3.63) is 5.82 Å². The minimum absolute atomic E-state index is 0.219. The standard InChI is InChI=1S/C9H14N4O2/c1-2-15-8(14)9(5-3-4-6-9)7-10-12-13-11-7/h2-6H2,1H3,(H,10,11,12,13). The van der Waals surface area contributed by atoms with E-state index in [0.717, 1.165) is 25.7 Å². The number of carbonyl (C=O) groups is 1. The summed E-state index contributed by atoms with van der Waals surface area (Å²) in [6.45, 7) is 2.19. The highest BCUT2D eigenvalue weighted by Gasteiger charge is 2.47. The van der Waals surface area contributed by atoms with Crippen molar-refractivity contribution in [3.8, 4) is 0 Å². The molecule has 2 rings (SSSR count). The fraction of sp³-hybridized carbons (Fsp3) is 0.778. The van der Waals surface area contributed by atoms with E-state index < -0.39 is 5.41 Å². The molecule has 6 nitrogen and oxygen atoms in total. The molecule has 0 aromatic carbocycles. The number of H-pyrrole nitrogens is 1. The Bertz CT molecular complexity index is 330. The van der Waals surface area contributed by atoms with Crippen LogP contribution in [-0.2, 0) is 14.9 Å². The molecule has 82 valence electrons. The maximum atomic E-state index is 11.9. The van der Waals surface area contributed by atoms with Crippen molar-refractivity contribution in [3.63, 3.8) is 0 Å². The molecule has 1 N–H and O–H groups in total. The van der Waals surface area contributed by atoms with Crippen molar-refractivity contribution >= 4 is 5.97 Å². The smallest absolute Gasteiger partial charge is 0.319 e. The van der Waals surface area contributed by atoms with Crippen LogP contribution in [0.25, 0.3) is 0 Å². The lowest BCUT2D eigenvalue weighted by atomic mass is 9.85. The first-order chi connectivity index (χ1) is 7.29. The van der Waals surface area contributed by atoms with Gasteiger partial charge in [0.05, 0.1) is 6.61 Å². The molecule has 0 bridgehead atoms. The average Bonchev–Trinajstić information content (AvgIpc) is 2.90. The Kier molecular flexibility index (Phi) is 2.66. The Labute approximate surface area is 87.4 Å². The van der Waals surface area contributed by atoms with Crippen LogP contribution in [0.5, 0.6) is 0 Å². The van der Waals surface area contributed by atoms with E-state index >= 15 is 0 Å². The molecule has 6 heteroatoms. The molecule has 1 fully saturated rings. The summed E-state index contributed by atoms with van der Waals surface area (Å²) in [6.07, 6.45) is 3.53.